The molecule has 0 unspecified atom stereocenters. The number of oxazole rings is 1. The number of pyridine rings is 1. The first kappa shape index (κ1) is 37.0. The Morgan fingerprint density at radius 1 is 0.611 bits per heavy atom. The summed E-state index contributed by atoms with van der Waals surface area (Å²) in [6, 6.07) is 41.5. The normalized spacial score (nSPS) is 11.5. The number of phenols is 1. The number of hydrogen-bond donors (Lipinski definition) is 1. The molecule has 2 heterocycles. The number of aryl methyl sites for hydroxylation is 3. The average Bonchev–Trinajstić information content (AvgIpc) is 3.58. The van der Waals surface area contributed by atoms with Crippen molar-refractivity contribution >= 4 is 22.0 Å². The zero-order valence-electron chi connectivity index (χ0n) is 31.7. The van der Waals surface area contributed by atoms with Crippen molar-refractivity contribution in [2.24, 2.45) is 0 Å². The Bertz CT molecular complexity index is 2640. The molecule has 2 aromatic heterocycles. The largest absolute Gasteiger partial charge is 0.507 e. The van der Waals surface area contributed by atoms with Crippen LogP contribution in [-0.2, 0) is 21.1 Å². The van der Waals surface area contributed by atoms with Crippen molar-refractivity contribution < 1.29 is 30.6 Å². The smallest absolute Gasteiger partial charge is 0.230 e. The van der Waals surface area contributed by atoms with E-state index in [9.17, 15) is 5.11 Å². The molecule has 1 N–H and O–H groups in total. The molecule has 8 aromatic rings. The van der Waals surface area contributed by atoms with Crippen molar-refractivity contribution in [2.45, 2.75) is 60.3 Å². The number of benzene rings is 6. The molecule has 54 heavy (non-hydrogen) atoms. The molecule has 0 fully saturated rings. The van der Waals surface area contributed by atoms with Gasteiger partial charge in [0, 0.05) is 32.8 Å². The minimum absolute atomic E-state index is 0. The summed E-state index contributed by atoms with van der Waals surface area (Å²) in [6.45, 7) is 15.6. The quantitative estimate of drug-likeness (QED) is 0.162. The van der Waals surface area contributed by atoms with E-state index in [4.69, 9.17) is 14.4 Å². The van der Waals surface area contributed by atoms with Crippen molar-refractivity contribution in [3.8, 4) is 61.7 Å². The summed E-state index contributed by atoms with van der Waals surface area (Å²) in [5.74, 6) is 1.22. The van der Waals surface area contributed by atoms with Gasteiger partial charge in [0.15, 0.2) is 0 Å². The molecule has 0 amide bonds. The Morgan fingerprint density at radius 3 is 1.93 bits per heavy atom. The number of phenolic OH excluding ortho intramolecular Hbond substituents is 1. The van der Waals surface area contributed by atoms with Crippen LogP contribution in [0.5, 0.6) is 5.75 Å². The average molecular weight is 887 g/mol. The van der Waals surface area contributed by atoms with Crippen LogP contribution in [0.15, 0.2) is 120 Å². The second kappa shape index (κ2) is 14.8. The number of rotatable bonds is 7. The summed E-state index contributed by atoms with van der Waals surface area (Å²) in [7, 11) is 0. The summed E-state index contributed by atoms with van der Waals surface area (Å²) in [5, 5.41) is 11.7. The van der Waals surface area contributed by atoms with E-state index in [-0.39, 0.29) is 26.8 Å². The number of nitrogens with zero attached hydrogens (tertiary/aromatic N) is 2. The topological polar surface area (TPSA) is 59.2 Å². The number of para-hydroxylation sites is 2. The standard InChI is InChI=1S/C49H43N2O2.Pt/c1-28(2)38-15-10-16-39(29(3)4)46(38)37-23-33-13-12-20-50-47(33)42(27-37)35-24-34(25-36(26-35)45-31(6)21-30(5)22-32(45)7)40-17-11-19-44-48(40)51-49(53-44)41-14-8-9-18-43(41)52;/h8-23,25-29,52H,1-7H3;/q-1;. The second-order valence-corrected chi connectivity index (χ2v) is 14.9. The fraction of sp³-hybridized carbons (Fsp3) is 0.184. The van der Waals surface area contributed by atoms with Gasteiger partial charge in [-0.25, -0.2) is 4.98 Å². The third-order valence-corrected chi connectivity index (χ3v) is 10.3. The van der Waals surface area contributed by atoms with Crippen molar-refractivity contribution in [3.63, 3.8) is 0 Å². The van der Waals surface area contributed by atoms with Gasteiger partial charge in [-0.15, -0.1) is 29.3 Å². The minimum atomic E-state index is 0. The summed E-state index contributed by atoms with van der Waals surface area (Å²) in [6.07, 6.45) is 1.88. The molecule has 0 aliphatic rings. The van der Waals surface area contributed by atoms with Crippen LogP contribution in [0, 0.1) is 26.8 Å². The van der Waals surface area contributed by atoms with Crippen LogP contribution in [0.3, 0.4) is 0 Å². The molecule has 0 atom stereocenters. The van der Waals surface area contributed by atoms with Gasteiger partial charge >= 0.3 is 0 Å². The molecule has 0 radical (unpaired) electrons. The fourth-order valence-corrected chi connectivity index (χ4v) is 8.00. The van der Waals surface area contributed by atoms with Gasteiger partial charge in [-0.3, -0.25) is 4.98 Å². The molecule has 0 saturated carbocycles. The van der Waals surface area contributed by atoms with Gasteiger partial charge in [-0.05, 0) is 107 Å². The number of hydrogen-bond acceptors (Lipinski definition) is 4. The molecular weight excluding hydrogens is 844 g/mol. The predicted octanol–water partition coefficient (Wildman–Crippen LogP) is 13.4. The number of aromatic nitrogens is 2. The van der Waals surface area contributed by atoms with Crippen molar-refractivity contribution in [1.29, 1.82) is 0 Å². The van der Waals surface area contributed by atoms with Gasteiger partial charge in [0.2, 0.25) is 5.89 Å². The molecule has 0 aliphatic heterocycles. The zero-order valence-corrected chi connectivity index (χ0v) is 34.0. The van der Waals surface area contributed by atoms with Crippen LogP contribution in [-0.4, -0.2) is 15.1 Å². The Balaban J connectivity index is 0.00000450. The Labute approximate surface area is 332 Å². The first-order valence-electron chi connectivity index (χ1n) is 18.4. The molecule has 4 nitrogen and oxygen atoms in total. The van der Waals surface area contributed by atoms with E-state index in [1.54, 1.807) is 12.1 Å². The molecule has 8 rings (SSSR count). The van der Waals surface area contributed by atoms with Crippen LogP contribution in [0.1, 0.15) is 67.3 Å². The second-order valence-electron chi connectivity index (χ2n) is 14.9. The summed E-state index contributed by atoms with van der Waals surface area (Å²) >= 11 is 0. The van der Waals surface area contributed by atoms with Gasteiger partial charge in [0.05, 0.1) is 11.1 Å². The number of aromatic hydroxyl groups is 1. The van der Waals surface area contributed by atoms with Gasteiger partial charge in [0.1, 0.15) is 11.3 Å². The van der Waals surface area contributed by atoms with Gasteiger partial charge in [-0.2, -0.15) is 0 Å². The van der Waals surface area contributed by atoms with E-state index in [0.717, 1.165) is 38.7 Å². The monoisotopic (exact) mass is 886 g/mol. The van der Waals surface area contributed by atoms with E-state index in [1.807, 2.05) is 36.5 Å². The van der Waals surface area contributed by atoms with Crippen LogP contribution in [0.4, 0.5) is 0 Å². The third-order valence-electron chi connectivity index (χ3n) is 10.3. The van der Waals surface area contributed by atoms with Gasteiger partial charge < -0.3 is 9.52 Å². The first-order chi connectivity index (χ1) is 25.6. The fourth-order valence-electron chi connectivity index (χ4n) is 8.00. The van der Waals surface area contributed by atoms with Gasteiger partial charge in [0.25, 0.3) is 0 Å². The SMILES string of the molecule is Cc1cc(C)c(-c2cc(-c3cc(-c4c(C(C)C)cccc4C(C)C)cc4cccnc34)[c-]c(-c3cccc4oc(-c5ccccc5O)nc34)c2)c(C)c1.[Pt]. The van der Waals surface area contributed by atoms with Crippen LogP contribution >= 0.6 is 0 Å². The van der Waals surface area contributed by atoms with E-state index in [1.165, 1.54) is 44.5 Å². The molecule has 6 aromatic carbocycles. The van der Waals surface area contributed by atoms with E-state index in [0.29, 0.717) is 34.4 Å². The van der Waals surface area contributed by atoms with Crippen LogP contribution in [0.2, 0.25) is 0 Å². The van der Waals surface area contributed by atoms with Gasteiger partial charge in [-0.1, -0.05) is 117 Å². The Morgan fingerprint density at radius 2 is 1.24 bits per heavy atom. The van der Waals surface area contributed by atoms with Crippen molar-refractivity contribution in [2.75, 3.05) is 0 Å². The predicted molar refractivity (Wildman–Crippen MR) is 219 cm³/mol. The molecule has 272 valence electrons. The maximum Gasteiger partial charge on any atom is 0.230 e. The summed E-state index contributed by atoms with van der Waals surface area (Å²) < 4.78 is 6.27. The zero-order chi connectivity index (χ0) is 37.0. The third kappa shape index (κ3) is 6.69. The van der Waals surface area contributed by atoms with Crippen LogP contribution < -0.4 is 0 Å². The molecular formula is C49H43N2O2Pt-. The number of fused-ring (bicyclic) bond motifs is 2. The Hall–Kier alpha value is -5.31. The Kier molecular flexibility index (Phi) is 10.2. The van der Waals surface area contributed by atoms with E-state index >= 15 is 0 Å². The molecule has 0 aliphatic carbocycles. The van der Waals surface area contributed by atoms with Crippen LogP contribution in [0.25, 0.3) is 78.0 Å². The maximum atomic E-state index is 10.6. The molecule has 0 saturated heterocycles. The van der Waals surface area contributed by atoms with E-state index < -0.39 is 0 Å². The maximum absolute atomic E-state index is 10.6. The molecule has 5 heteroatoms. The summed E-state index contributed by atoms with van der Waals surface area (Å²) in [4.78, 5) is 9.95. The first-order valence-corrected chi connectivity index (χ1v) is 18.4. The van der Waals surface area contributed by atoms with Crippen molar-refractivity contribution in [1.82, 2.24) is 9.97 Å². The summed E-state index contributed by atoms with van der Waals surface area (Å²) in [5.41, 5.74) is 17.8. The van der Waals surface area contributed by atoms with E-state index in [2.05, 4.69) is 121 Å². The molecule has 0 bridgehead atoms. The van der Waals surface area contributed by atoms with Crippen molar-refractivity contribution in [3.05, 3.63) is 149 Å². The minimum Gasteiger partial charge on any atom is -0.507 e. The molecule has 0 spiro atoms.